The Hall–Kier alpha value is -1.16. The second kappa shape index (κ2) is 3.12. The van der Waals surface area contributed by atoms with Gasteiger partial charge < -0.3 is 5.11 Å². The number of aliphatic hydroxyl groups excluding tert-OH is 1. The zero-order valence-electron chi connectivity index (χ0n) is 5.40. The molecule has 0 unspecified atom stereocenters. The third-order valence-corrected chi connectivity index (χ3v) is 1.18. The molecule has 1 aromatic heterocycles. The molecule has 0 saturated heterocycles. The lowest BCUT2D eigenvalue weighted by Gasteiger charge is -1.97. The van der Waals surface area contributed by atoms with E-state index in [2.05, 4.69) is 5.10 Å². The molecule has 4 heteroatoms. The fourth-order valence-corrected chi connectivity index (χ4v) is 0.725. The summed E-state index contributed by atoms with van der Waals surface area (Å²) < 4.78 is 1.45. The molecule has 54 valence electrons. The predicted molar refractivity (Wildman–Crippen MR) is 34.7 cm³/mol. The first-order valence-electron chi connectivity index (χ1n) is 2.96. The van der Waals surface area contributed by atoms with Crippen LogP contribution in [0.3, 0.4) is 0 Å². The Bertz CT molecular complexity index is 219. The summed E-state index contributed by atoms with van der Waals surface area (Å²) in [7, 11) is 0. The Morgan fingerprint density at radius 3 is 3.20 bits per heavy atom. The Kier molecular flexibility index (Phi) is 2.17. The van der Waals surface area contributed by atoms with Crippen molar-refractivity contribution in [3.63, 3.8) is 0 Å². The number of aliphatic hydroxyl groups is 1. The second-order valence-electron chi connectivity index (χ2n) is 1.82. The van der Waals surface area contributed by atoms with Crippen LogP contribution in [-0.4, -0.2) is 27.8 Å². The number of nitrogens with zero attached hydrogens (tertiary/aromatic N) is 2. The van der Waals surface area contributed by atoms with Crippen molar-refractivity contribution in [1.82, 2.24) is 9.78 Å². The van der Waals surface area contributed by atoms with Crippen LogP contribution in [0.15, 0.2) is 12.3 Å². The fraction of sp³-hybridized carbons (Fsp3) is 0.333. The molecule has 0 aliphatic rings. The van der Waals surface area contributed by atoms with E-state index in [1.807, 2.05) is 0 Å². The molecular formula is C6H8N2O2. The zero-order valence-corrected chi connectivity index (χ0v) is 5.40. The van der Waals surface area contributed by atoms with Crippen LogP contribution in [0.5, 0.6) is 0 Å². The van der Waals surface area contributed by atoms with Gasteiger partial charge in [0, 0.05) is 6.20 Å². The smallest absolute Gasteiger partial charge is 0.168 e. The van der Waals surface area contributed by atoms with Crippen molar-refractivity contribution in [2.45, 2.75) is 6.54 Å². The van der Waals surface area contributed by atoms with E-state index in [-0.39, 0.29) is 6.61 Å². The highest BCUT2D eigenvalue weighted by molar-refractivity contribution is 5.71. The summed E-state index contributed by atoms with van der Waals surface area (Å²) in [4.78, 5) is 10.2. The van der Waals surface area contributed by atoms with Gasteiger partial charge in [0.05, 0.1) is 13.2 Å². The molecule has 1 rings (SSSR count). The number of carbonyl (C=O) groups excluding carboxylic acids is 1. The molecule has 0 spiro atoms. The van der Waals surface area contributed by atoms with Gasteiger partial charge in [-0.05, 0) is 6.07 Å². The summed E-state index contributed by atoms with van der Waals surface area (Å²) in [5.74, 6) is 0. The first-order chi connectivity index (χ1) is 4.88. The molecule has 4 nitrogen and oxygen atoms in total. The largest absolute Gasteiger partial charge is 0.394 e. The van der Waals surface area contributed by atoms with Crippen LogP contribution in [0.1, 0.15) is 10.5 Å². The van der Waals surface area contributed by atoms with E-state index >= 15 is 0 Å². The minimum absolute atomic E-state index is 0.00250. The van der Waals surface area contributed by atoms with Crippen molar-refractivity contribution < 1.29 is 9.90 Å². The van der Waals surface area contributed by atoms with Gasteiger partial charge in [-0.3, -0.25) is 9.48 Å². The summed E-state index contributed by atoms with van der Waals surface area (Å²) in [6.45, 7) is 0.379. The number of hydrogen-bond donors (Lipinski definition) is 1. The van der Waals surface area contributed by atoms with Gasteiger partial charge in [-0.25, -0.2) is 0 Å². The van der Waals surface area contributed by atoms with Crippen molar-refractivity contribution in [2.24, 2.45) is 0 Å². The van der Waals surface area contributed by atoms with Gasteiger partial charge in [-0.2, -0.15) is 5.10 Å². The topological polar surface area (TPSA) is 55.1 Å². The van der Waals surface area contributed by atoms with Crippen molar-refractivity contribution in [2.75, 3.05) is 6.61 Å². The van der Waals surface area contributed by atoms with Gasteiger partial charge in [-0.15, -0.1) is 0 Å². The first-order valence-corrected chi connectivity index (χ1v) is 2.96. The van der Waals surface area contributed by atoms with Gasteiger partial charge in [0.25, 0.3) is 0 Å². The van der Waals surface area contributed by atoms with Gasteiger partial charge >= 0.3 is 0 Å². The molecule has 1 aromatic rings. The highest BCUT2D eigenvalue weighted by atomic mass is 16.3. The highest BCUT2D eigenvalue weighted by Crippen LogP contribution is 1.92. The molecular weight excluding hydrogens is 132 g/mol. The van der Waals surface area contributed by atoms with E-state index in [4.69, 9.17) is 5.11 Å². The standard InChI is InChI=1S/C6H8N2O2/c9-4-3-8-6(5-10)1-2-7-8/h1-2,5,9H,3-4H2. The molecule has 0 atom stereocenters. The van der Waals surface area contributed by atoms with Crippen LogP contribution in [0.25, 0.3) is 0 Å². The van der Waals surface area contributed by atoms with Crippen molar-refractivity contribution in [3.8, 4) is 0 Å². The Labute approximate surface area is 58.1 Å². The summed E-state index contributed by atoms with van der Waals surface area (Å²) in [5, 5.41) is 12.3. The average Bonchev–Trinajstić information content (AvgIpc) is 2.36. The van der Waals surface area contributed by atoms with Crippen LogP contribution in [-0.2, 0) is 6.54 Å². The Balaban J connectivity index is 2.79. The van der Waals surface area contributed by atoms with Crippen LogP contribution in [0, 0.1) is 0 Å². The summed E-state index contributed by atoms with van der Waals surface area (Å²) in [5.41, 5.74) is 0.494. The maximum Gasteiger partial charge on any atom is 0.168 e. The van der Waals surface area contributed by atoms with E-state index in [0.29, 0.717) is 18.5 Å². The number of carbonyl (C=O) groups is 1. The summed E-state index contributed by atoms with van der Waals surface area (Å²) >= 11 is 0. The number of aromatic nitrogens is 2. The van der Waals surface area contributed by atoms with Crippen molar-refractivity contribution in [1.29, 1.82) is 0 Å². The number of rotatable bonds is 3. The predicted octanol–water partition coefficient (Wildman–Crippen LogP) is -0.312. The minimum Gasteiger partial charge on any atom is -0.394 e. The summed E-state index contributed by atoms with van der Waals surface area (Å²) in [6.07, 6.45) is 2.24. The van der Waals surface area contributed by atoms with Crippen LogP contribution in [0.4, 0.5) is 0 Å². The lowest BCUT2D eigenvalue weighted by molar-refractivity contribution is 0.111. The molecule has 1 heterocycles. The molecule has 1 N–H and O–H groups in total. The lowest BCUT2D eigenvalue weighted by Crippen LogP contribution is -2.06. The third-order valence-electron chi connectivity index (χ3n) is 1.18. The average molecular weight is 140 g/mol. The molecule has 0 aromatic carbocycles. The van der Waals surface area contributed by atoms with Crippen molar-refractivity contribution >= 4 is 6.29 Å². The van der Waals surface area contributed by atoms with E-state index in [9.17, 15) is 4.79 Å². The lowest BCUT2D eigenvalue weighted by atomic mass is 10.5. The molecule has 0 amide bonds. The van der Waals surface area contributed by atoms with Gasteiger partial charge in [0.15, 0.2) is 6.29 Å². The van der Waals surface area contributed by atoms with E-state index in [1.54, 1.807) is 6.07 Å². The molecule has 0 saturated carbocycles. The van der Waals surface area contributed by atoms with E-state index in [1.165, 1.54) is 10.9 Å². The Morgan fingerprint density at radius 1 is 1.80 bits per heavy atom. The number of aldehydes is 1. The quantitative estimate of drug-likeness (QED) is 0.586. The van der Waals surface area contributed by atoms with Crippen LogP contribution >= 0.6 is 0 Å². The van der Waals surface area contributed by atoms with Crippen molar-refractivity contribution in [3.05, 3.63) is 18.0 Å². The number of hydrogen-bond acceptors (Lipinski definition) is 3. The normalized spacial score (nSPS) is 9.70. The Morgan fingerprint density at radius 2 is 2.60 bits per heavy atom. The third kappa shape index (κ3) is 1.22. The summed E-state index contributed by atoms with van der Waals surface area (Å²) in [6, 6.07) is 1.60. The maximum atomic E-state index is 10.2. The monoisotopic (exact) mass is 140 g/mol. The van der Waals surface area contributed by atoms with Crippen LogP contribution in [0.2, 0.25) is 0 Å². The molecule has 0 aliphatic heterocycles. The van der Waals surface area contributed by atoms with Crippen LogP contribution < -0.4 is 0 Å². The fourth-order valence-electron chi connectivity index (χ4n) is 0.725. The molecule has 10 heavy (non-hydrogen) atoms. The highest BCUT2D eigenvalue weighted by Gasteiger charge is 1.97. The van der Waals surface area contributed by atoms with Gasteiger partial charge in [0.2, 0.25) is 0 Å². The van der Waals surface area contributed by atoms with Gasteiger partial charge in [-0.1, -0.05) is 0 Å². The van der Waals surface area contributed by atoms with Gasteiger partial charge in [0.1, 0.15) is 5.69 Å². The molecule has 0 radical (unpaired) electrons. The second-order valence-corrected chi connectivity index (χ2v) is 1.82. The maximum absolute atomic E-state index is 10.2. The molecule has 0 fully saturated rings. The molecule has 0 bridgehead atoms. The van der Waals surface area contributed by atoms with E-state index < -0.39 is 0 Å². The zero-order chi connectivity index (χ0) is 7.40. The van der Waals surface area contributed by atoms with E-state index in [0.717, 1.165) is 0 Å². The molecule has 0 aliphatic carbocycles. The minimum atomic E-state index is 0.00250. The first kappa shape index (κ1) is 6.95. The SMILES string of the molecule is O=Cc1ccnn1CCO.